The van der Waals surface area contributed by atoms with Crippen LogP contribution >= 0.6 is 0 Å². The summed E-state index contributed by atoms with van der Waals surface area (Å²) in [7, 11) is -2.28. The number of benzene rings is 1. The van der Waals surface area contributed by atoms with Crippen LogP contribution in [-0.2, 0) is 14.0 Å². The van der Waals surface area contributed by atoms with Crippen molar-refractivity contribution in [3.05, 3.63) is 29.3 Å². The largest absolute Gasteiger partial charge is 0.488 e. The molecule has 1 aromatic rings. The Bertz CT molecular complexity index is 914. The van der Waals surface area contributed by atoms with Gasteiger partial charge in [0.2, 0.25) is 5.82 Å². The Morgan fingerprint density at radius 3 is 2.06 bits per heavy atom. The topological polar surface area (TPSA) is 65.0 Å². The van der Waals surface area contributed by atoms with Crippen molar-refractivity contribution >= 4 is 14.3 Å². The van der Waals surface area contributed by atoms with E-state index >= 15 is 0 Å². The summed E-state index contributed by atoms with van der Waals surface area (Å²) in [6.45, 7) is 14.3. The molecule has 5 nitrogen and oxygen atoms in total. The molecule has 0 spiro atoms. The highest BCUT2D eigenvalue weighted by Gasteiger charge is 2.66. The summed E-state index contributed by atoms with van der Waals surface area (Å²) in [6.07, 6.45) is -6.82. The van der Waals surface area contributed by atoms with Crippen molar-refractivity contribution in [2.45, 2.75) is 95.8 Å². The van der Waals surface area contributed by atoms with Gasteiger partial charge < -0.3 is 19.0 Å². The van der Waals surface area contributed by atoms with Gasteiger partial charge >= 0.3 is 12.1 Å². The molecule has 0 aliphatic carbocycles. The number of halogens is 5. The van der Waals surface area contributed by atoms with E-state index < -0.39 is 61.4 Å². The second-order valence-corrected chi connectivity index (χ2v) is 16.1. The molecule has 1 N–H and O–H groups in total. The first-order valence-electron chi connectivity index (χ1n) is 12.1. The third kappa shape index (κ3) is 5.29. The van der Waals surface area contributed by atoms with Crippen LogP contribution in [-0.4, -0.2) is 50.5 Å². The molecule has 0 aromatic heterocycles. The molecule has 1 fully saturated rings. The van der Waals surface area contributed by atoms with Gasteiger partial charge in [0.25, 0.3) is 0 Å². The predicted molar refractivity (Wildman–Crippen MR) is 128 cm³/mol. The molecule has 2 rings (SSSR count). The number of hydrogen-bond acceptors (Lipinski definition) is 4. The minimum Gasteiger partial charge on any atom is -0.488 e. The molecule has 206 valence electrons. The molecule has 4 unspecified atom stereocenters. The molecule has 1 aliphatic rings. The number of aliphatic carboxylic acids is 1. The van der Waals surface area contributed by atoms with Gasteiger partial charge in [0.05, 0.1) is 6.61 Å². The molecule has 1 saturated heterocycles. The van der Waals surface area contributed by atoms with Crippen LogP contribution in [0.15, 0.2) is 12.1 Å². The average molecular weight is 541 g/mol. The van der Waals surface area contributed by atoms with Crippen LogP contribution in [0.3, 0.4) is 0 Å². The SMILES string of the molecule is CC1C(c2ccc(F)c(F)c2OCCO[Si](C(C)C)(C(C)C)C(C)C)C(C(=O)O)OC1(C)C(F)(F)F. The Morgan fingerprint density at radius 2 is 1.61 bits per heavy atom. The molecule has 36 heavy (non-hydrogen) atoms. The molecule has 0 bridgehead atoms. The Hall–Kier alpha value is -1.72. The van der Waals surface area contributed by atoms with Crippen molar-refractivity contribution in [1.29, 1.82) is 0 Å². The minimum absolute atomic E-state index is 0.0650. The Morgan fingerprint density at radius 1 is 1.08 bits per heavy atom. The van der Waals surface area contributed by atoms with Crippen LogP contribution in [0.4, 0.5) is 22.0 Å². The maximum Gasteiger partial charge on any atom is 0.417 e. The van der Waals surface area contributed by atoms with Crippen molar-refractivity contribution in [3.63, 3.8) is 0 Å². The third-order valence-electron chi connectivity index (χ3n) is 7.74. The van der Waals surface area contributed by atoms with Crippen molar-refractivity contribution in [2.75, 3.05) is 13.2 Å². The van der Waals surface area contributed by atoms with Crippen LogP contribution < -0.4 is 4.74 Å². The van der Waals surface area contributed by atoms with Gasteiger partial charge in [-0.2, -0.15) is 17.6 Å². The van der Waals surface area contributed by atoms with E-state index in [1.807, 2.05) is 0 Å². The maximum absolute atomic E-state index is 14.9. The van der Waals surface area contributed by atoms with Crippen molar-refractivity contribution in [2.24, 2.45) is 5.92 Å². The number of carboxylic acid groups (broad SMARTS) is 1. The fraction of sp³-hybridized carbons (Fsp3) is 0.720. The lowest BCUT2D eigenvalue weighted by Gasteiger charge is -2.42. The summed E-state index contributed by atoms with van der Waals surface area (Å²) in [4.78, 5) is 11.9. The van der Waals surface area contributed by atoms with E-state index in [0.717, 1.165) is 19.1 Å². The van der Waals surface area contributed by atoms with Gasteiger partial charge in [0, 0.05) is 17.4 Å². The van der Waals surface area contributed by atoms with E-state index in [1.54, 1.807) is 0 Å². The highest BCUT2D eigenvalue weighted by atomic mass is 28.4. The molecule has 1 aromatic carbocycles. The number of ether oxygens (including phenoxy) is 2. The Kier molecular flexibility index (Phi) is 9.27. The zero-order valence-electron chi connectivity index (χ0n) is 22.0. The molecule has 4 atom stereocenters. The van der Waals surface area contributed by atoms with Crippen molar-refractivity contribution < 1.29 is 45.8 Å². The molecule has 11 heteroatoms. The Balaban J connectivity index is 2.41. The van der Waals surface area contributed by atoms with Crippen molar-refractivity contribution in [1.82, 2.24) is 0 Å². The van der Waals surface area contributed by atoms with Crippen LogP contribution in [0.1, 0.15) is 66.9 Å². The van der Waals surface area contributed by atoms with E-state index in [0.29, 0.717) is 0 Å². The minimum atomic E-state index is -4.89. The zero-order valence-corrected chi connectivity index (χ0v) is 23.0. The summed E-state index contributed by atoms with van der Waals surface area (Å²) in [5.41, 5.74) is -2.18. The first-order chi connectivity index (χ1) is 16.4. The van der Waals surface area contributed by atoms with Gasteiger partial charge in [0.15, 0.2) is 31.6 Å². The molecule has 0 amide bonds. The monoisotopic (exact) mass is 540 g/mol. The number of carboxylic acids is 1. The van der Waals surface area contributed by atoms with Gasteiger partial charge in [0.1, 0.15) is 6.61 Å². The molecular weight excluding hydrogens is 503 g/mol. The van der Waals surface area contributed by atoms with E-state index in [2.05, 4.69) is 41.5 Å². The lowest BCUT2D eigenvalue weighted by molar-refractivity contribution is -0.273. The first kappa shape index (κ1) is 30.5. The van der Waals surface area contributed by atoms with Gasteiger partial charge in [-0.05, 0) is 29.6 Å². The van der Waals surface area contributed by atoms with Crippen molar-refractivity contribution in [3.8, 4) is 5.75 Å². The fourth-order valence-electron chi connectivity index (χ4n) is 5.83. The third-order valence-corrected chi connectivity index (χ3v) is 13.9. The summed E-state index contributed by atoms with van der Waals surface area (Å²) in [6, 6.07) is 1.81. The van der Waals surface area contributed by atoms with E-state index in [1.165, 1.54) is 6.92 Å². The van der Waals surface area contributed by atoms with Crippen LogP contribution in [0, 0.1) is 17.6 Å². The second-order valence-electron chi connectivity index (χ2n) is 10.6. The Labute approximate surface area is 210 Å². The quantitative estimate of drug-likeness (QED) is 0.196. The number of hydrogen-bond donors (Lipinski definition) is 1. The number of carbonyl (C=O) groups is 1. The van der Waals surface area contributed by atoms with E-state index in [-0.39, 0.29) is 35.4 Å². The predicted octanol–water partition coefficient (Wildman–Crippen LogP) is 7.06. The average Bonchev–Trinajstić information content (AvgIpc) is 3.02. The molecule has 0 saturated carbocycles. The summed E-state index contributed by atoms with van der Waals surface area (Å²) in [5, 5.41) is 9.62. The zero-order chi connectivity index (χ0) is 27.8. The van der Waals surface area contributed by atoms with Crippen LogP contribution in [0.5, 0.6) is 5.75 Å². The highest BCUT2D eigenvalue weighted by Crippen LogP contribution is 2.55. The highest BCUT2D eigenvalue weighted by molar-refractivity contribution is 6.77. The van der Waals surface area contributed by atoms with E-state index in [4.69, 9.17) is 13.9 Å². The van der Waals surface area contributed by atoms with Gasteiger partial charge in [-0.15, -0.1) is 0 Å². The van der Waals surface area contributed by atoms with E-state index in [9.17, 15) is 31.9 Å². The summed E-state index contributed by atoms with van der Waals surface area (Å²) in [5.74, 6) is -7.78. The second kappa shape index (κ2) is 10.9. The summed E-state index contributed by atoms with van der Waals surface area (Å²) >= 11 is 0. The lowest BCUT2D eigenvalue weighted by atomic mass is 9.77. The van der Waals surface area contributed by atoms with Gasteiger partial charge in [-0.3, -0.25) is 0 Å². The van der Waals surface area contributed by atoms with Crippen LogP contribution in [0.25, 0.3) is 0 Å². The van der Waals surface area contributed by atoms with Crippen LogP contribution in [0.2, 0.25) is 16.6 Å². The molecule has 0 radical (unpaired) electrons. The standard InChI is InChI=1S/C25H37F5O5Si/c1-13(2)36(14(3)4,15(5)6)34-12-11-33-21-17(9-10-18(26)20(21)27)19-16(7)24(8,25(28,29)30)35-22(19)23(31)32/h9-10,13-16,19,22H,11-12H2,1-8H3,(H,31,32). The fourth-order valence-corrected chi connectivity index (χ4v) is 11.3. The molecule has 1 heterocycles. The number of rotatable bonds is 10. The van der Waals surface area contributed by atoms with Gasteiger partial charge in [-0.1, -0.05) is 54.5 Å². The molecular formula is C25H37F5O5Si. The normalized spacial score (nSPS) is 25.3. The lowest BCUT2D eigenvalue weighted by Crippen LogP contribution is -2.48. The maximum atomic E-state index is 14.9. The summed E-state index contributed by atoms with van der Waals surface area (Å²) < 4.78 is 87.5. The number of alkyl halides is 3. The smallest absolute Gasteiger partial charge is 0.417 e. The van der Waals surface area contributed by atoms with Gasteiger partial charge in [-0.25, -0.2) is 9.18 Å². The molecule has 1 aliphatic heterocycles. The first-order valence-corrected chi connectivity index (χ1v) is 14.3.